The Bertz CT molecular complexity index is 401. The van der Waals surface area contributed by atoms with Gasteiger partial charge in [0.25, 0.3) is 0 Å². The third-order valence-corrected chi connectivity index (χ3v) is 5.62. The van der Waals surface area contributed by atoms with E-state index in [-0.39, 0.29) is 0 Å². The number of nitrogens with two attached hydrogens (primary N) is 1. The van der Waals surface area contributed by atoms with Gasteiger partial charge in [0.1, 0.15) is 0 Å². The van der Waals surface area contributed by atoms with E-state index in [0.717, 1.165) is 19.4 Å². The molecule has 2 heterocycles. The van der Waals surface area contributed by atoms with Gasteiger partial charge in [0.15, 0.2) is 0 Å². The maximum absolute atomic E-state index is 5.83. The van der Waals surface area contributed by atoms with Crippen LogP contribution in [-0.4, -0.2) is 18.8 Å². The molecule has 1 aromatic rings. The van der Waals surface area contributed by atoms with Gasteiger partial charge in [-0.2, -0.15) is 0 Å². The second kappa shape index (κ2) is 6.35. The first-order valence-electron chi connectivity index (χ1n) is 7.52. The van der Waals surface area contributed by atoms with Crippen LogP contribution >= 0.6 is 11.3 Å². The SMILES string of the molecule is NNC(CCC1CCCO1)C1CCCc2sccc21. The highest BCUT2D eigenvalue weighted by Gasteiger charge is 2.29. The van der Waals surface area contributed by atoms with E-state index in [1.165, 1.54) is 32.1 Å². The van der Waals surface area contributed by atoms with Crippen molar-refractivity contribution in [1.82, 2.24) is 5.43 Å². The van der Waals surface area contributed by atoms with E-state index in [9.17, 15) is 0 Å². The predicted molar refractivity (Wildman–Crippen MR) is 79.3 cm³/mol. The van der Waals surface area contributed by atoms with Crippen molar-refractivity contribution in [3.05, 3.63) is 21.9 Å². The number of aryl methyl sites for hydroxylation is 1. The zero-order valence-electron chi connectivity index (χ0n) is 11.4. The predicted octanol–water partition coefficient (Wildman–Crippen LogP) is 2.96. The van der Waals surface area contributed by atoms with Crippen LogP contribution < -0.4 is 11.3 Å². The number of fused-ring (bicyclic) bond motifs is 1. The summed E-state index contributed by atoms with van der Waals surface area (Å²) in [5.41, 5.74) is 4.62. The highest BCUT2D eigenvalue weighted by Crippen LogP contribution is 2.38. The highest BCUT2D eigenvalue weighted by molar-refractivity contribution is 7.10. The summed E-state index contributed by atoms with van der Waals surface area (Å²) in [6, 6.07) is 2.71. The summed E-state index contributed by atoms with van der Waals surface area (Å²) in [7, 11) is 0. The lowest BCUT2D eigenvalue weighted by molar-refractivity contribution is 0.0983. The van der Waals surface area contributed by atoms with Gasteiger partial charge in [0.05, 0.1) is 6.10 Å². The van der Waals surface area contributed by atoms with E-state index >= 15 is 0 Å². The molecular formula is C15H24N2OS. The van der Waals surface area contributed by atoms with Gasteiger partial charge in [0.2, 0.25) is 0 Å². The largest absolute Gasteiger partial charge is 0.378 e. The number of rotatable bonds is 5. The summed E-state index contributed by atoms with van der Waals surface area (Å²) in [6.45, 7) is 0.948. The Balaban J connectivity index is 1.62. The van der Waals surface area contributed by atoms with E-state index in [4.69, 9.17) is 10.6 Å². The molecule has 1 aliphatic carbocycles. The van der Waals surface area contributed by atoms with Crippen LogP contribution in [0.1, 0.15) is 54.9 Å². The van der Waals surface area contributed by atoms with Crippen molar-refractivity contribution in [3.63, 3.8) is 0 Å². The molecule has 0 amide bonds. The number of nitrogens with one attached hydrogen (secondary N) is 1. The molecule has 106 valence electrons. The number of hydrazine groups is 1. The molecule has 0 radical (unpaired) electrons. The molecule has 19 heavy (non-hydrogen) atoms. The van der Waals surface area contributed by atoms with Crippen LogP contribution in [0.15, 0.2) is 11.4 Å². The van der Waals surface area contributed by atoms with Crippen molar-refractivity contribution >= 4 is 11.3 Å². The van der Waals surface area contributed by atoms with Crippen molar-refractivity contribution in [2.45, 2.75) is 63.0 Å². The molecule has 3 unspecified atom stereocenters. The minimum absolute atomic E-state index is 0.401. The Hall–Kier alpha value is -0.420. The van der Waals surface area contributed by atoms with E-state index in [2.05, 4.69) is 16.9 Å². The molecule has 3 N–H and O–H groups in total. The van der Waals surface area contributed by atoms with Crippen LogP contribution in [0.4, 0.5) is 0 Å². The standard InChI is InChI=1S/C15H24N2OS/c16-17-14(7-6-11-3-2-9-18-11)12-4-1-5-15-13(12)8-10-19-15/h8,10-12,14,17H,1-7,9,16H2. The van der Waals surface area contributed by atoms with Gasteiger partial charge in [-0.3, -0.25) is 11.3 Å². The van der Waals surface area contributed by atoms with E-state index in [0.29, 0.717) is 18.1 Å². The van der Waals surface area contributed by atoms with Gasteiger partial charge < -0.3 is 4.74 Å². The number of hydrogen-bond donors (Lipinski definition) is 2. The van der Waals surface area contributed by atoms with Crippen LogP contribution in [0.2, 0.25) is 0 Å². The van der Waals surface area contributed by atoms with Crippen molar-refractivity contribution in [2.75, 3.05) is 6.61 Å². The second-order valence-electron chi connectivity index (χ2n) is 5.78. The molecule has 0 bridgehead atoms. The molecule has 2 aliphatic rings. The smallest absolute Gasteiger partial charge is 0.0576 e. The van der Waals surface area contributed by atoms with Gasteiger partial charge in [-0.1, -0.05) is 0 Å². The molecule has 0 spiro atoms. The fraction of sp³-hybridized carbons (Fsp3) is 0.733. The monoisotopic (exact) mass is 280 g/mol. The maximum atomic E-state index is 5.83. The molecule has 1 saturated heterocycles. The third-order valence-electron chi connectivity index (χ3n) is 4.62. The highest BCUT2D eigenvalue weighted by atomic mass is 32.1. The minimum Gasteiger partial charge on any atom is -0.378 e. The van der Waals surface area contributed by atoms with Gasteiger partial charge in [-0.25, -0.2) is 0 Å². The lowest BCUT2D eigenvalue weighted by Gasteiger charge is -2.30. The Morgan fingerprint density at radius 2 is 2.37 bits per heavy atom. The Morgan fingerprint density at radius 3 is 3.16 bits per heavy atom. The average Bonchev–Trinajstić information content (AvgIpc) is 3.10. The van der Waals surface area contributed by atoms with Crippen LogP contribution in [0.3, 0.4) is 0 Å². The zero-order chi connectivity index (χ0) is 13.1. The van der Waals surface area contributed by atoms with Gasteiger partial charge in [-0.15, -0.1) is 11.3 Å². The molecule has 1 aromatic heterocycles. The van der Waals surface area contributed by atoms with Gasteiger partial charge >= 0.3 is 0 Å². The molecule has 3 rings (SSSR count). The summed E-state index contributed by atoms with van der Waals surface area (Å²) in [5, 5.41) is 2.23. The van der Waals surface area contributed by atoms with Gasteiger partial charge in [-0.05, 0) is 62.0 Å². The normalized spacial score (nSPS) is 28.3. The maximum Gasteiger partial charge on any atom is 0.0576 e. The fourth-order valence-electron chi connectivity index (χ4n) is 3.58. The summed E-state index contributed by atoms with van der Waals surface area (Å²) in [6.07, 6.45) is 9.02. The summed E-state index contributed by atoms with van der Waals surface area (Å²) in [4.78, 5) is 1.58. The number of ether oxygens (including phenoxy) is 1. The van der Waals surface area contributed by atoms with Crippen molar-refractivity contribution in [1.29, 1.82) is 0 Å². The second-order valence-corrected chi connectivity index (χ2v) is 6.78. The van der Waals surface area contributed by atoms with Crippen molar-refractivity contribution < 1.29 is 4.74 Å². The lowest BCUT2D eigenvalue weighted by Crippen LogP contribution is -2.41. The first-order valence-corrected chi connectivity index (χ1v) is 8.40. The van der Waals surface area contributed by atoms with Crippen LogP contribution in [0.5, 0.6) is 0 Å². The Kier molecular flexibility index (Phi) is 4.53. The zero-order valence-corrected chi connectivity index (χ0v) is 12.3. The first kappa shape index (κ1) is 13.6. The molecule has 4 heteroatoms. The molecule has 1 fully saturated rings. The average molecular weight is 280 g/mol. The van der Waals surface area contributed by atoms with E-state index in [1.807, 2.05) is 11.3 Å². The fourth-order valence-corrected chi connectivity index (χ4v) is 4.57. The molecule has 3 nitrogen and oxygen atoms in total. The van der Waals surface area contributed by atoms with Crippen molar-refractivity contribution in [3.8, 4) is 0 Å². The summed E-state index contributed by atoms with van der Waals surface area (Å²) < 4.78 is 5.72. The minimum atomic E-state index is 0.401. The van der Waals surface area contributed by atoms with Crippen molar-refractivity contribution in [2.24, 2.45) is 5.84 Å². The third kappa shape index (κ3) is 3.02. The van der Waals surface area contributed by atoms with Gasteiger partial charge in [0, 0.05) is 23.4 Å². The Morgan fingerprint density at radius 1 is 1.42 bits per heavy atom. The molecule has 0 aromatic carbocycles. The van der Waals surface area contributed by atoms with Crippen LogP contribution in [0.25, 0.3) is 0 Å². The van der Waals surface area contributed by atoms with Crippen LogP contribution in [-0.2, 0) is 11.2 Å². The lowest BCUT2D eigenvalue weighted by atomic mass is 9.81. The van der Waals surface area contributed by atoms with Crippen LogP contribution in [0, 0.1) is 0 Å². The molecule has 1 aliphatic heterocycles. The number of hydrogen-bond acceptors (Lipinski definition) is 4. The molecule has 3 atom stereocenters. The van der Waals surface area contributed by atoms with E-state index in [1.54, 1.807) is 10.4 Å². The quantitative estimate of drug-likeness (QED) is 0.644. The summed E-state index contributed by atoms with van der Waals surface area (Å²) >= 11 is 1.91. The molecular weight excluding hydrogens is 256 g/mol. The summed E-state index contributed by atoms with van der Waals surface area (Å²) in [5.74, 6) is 6.43. The first-order chi connectivity index (χ1) is 9.38. The molecule has 0 saturated carbocycles. The Labute approximate surface area is 119 Å². The van der Waals surface area contributed by atoms with E-state index < -0.39 is 0 Å². The topological polar surface area (TPSA) is 47.3 Å². The number of thiophene rings is 1.